The van der Waals surface area contributed by atoms with E-state index in [1.54, 1.807) is 12.1 Å². The molecule has 0 atom stereocenters. The second-order valence-corrected chi connectivity index (χ2v) is 4.67. The molecular formula is C19H24O2. The van der Waals surface area contributed by atoms with E-state index in [9.17, 15) is 4.79 Å². The van der Waals surface area contributed by atoms with Crippen LogP contribution in [-0.2, 0) is 19.3 Å². The number of carboxylic acids is 1. The van der Waals surface area contributed by atoms with Crippen LogP contribution in [0.25, 0.3) is 0 Å². The van der Waals surface area contributed by atoms with Crippen LogP contribution in [0.5, 0.6) is 0 Å². The van der Waals surface area contributed by atoms with Crippen molar-refractivity contribution < 1.29 is 9.90 Å². The minimum absolute atomic E-state index is 0.344. The van der Waals surface area contributed by atoms with Gasteiger partial charge in [0, 0.05) is 0 Å². The zero-order valence-corrected chi connectivity index (χ0v) is 13.1. The van der Waals surface area contributed by atoms with Gasteiger partial charge in [-0.3, -0.25) is 0 Å². The molecule has 0 spiro atoms. The van der Waals surface area contributed by atoms with Gasteiger partial charge >= 0.3 is 5.97 Å². The predicted octanol–water partition coefficient (Wildman–Crippen LogP) is 4.76. The standard InChI is InChI=1S/C17H18O2.C2H6/c1-2-13-3-5-14(6-4-13)7-8-15-9-11-16(12-10-15)17(18)19;1-2/h3-6,9-12H,2,7-8H2,1H3,(H,18,19);1-2H3. The lowest BCUT2D eigenvalue weighted by Gasteiger charge is -2.04. The van der Waals surface area contributed by atoms with Crippen LogP contribution in [0.2, 0.25) is 0 Å². The summed E-state index contributed by atoms with van der Waals surface area (Å²) in [7, 11) is 0. The molecule has 0 aromatic heterocycles. The minimum Gasteiger partial charge on any atom is -0.478 e. The van der Waals surface area contributed by atoms with Gasteiger partial charge < -0.3 is 5.11 Å². The van der Waals surface area contributed by atoms with Crippen molar-refractivity contribution in [2.24, 2.45) is 0 Å². The van der Waals surface area contributed by atoms with Crippen LogP contribution in [0.4, 0.5) is 0 Å². The maximum atomic E-state index is 10.8. The van der Waals surface area contributed by atoms with Gasteiger partial charge in [0.25, 0.3) is 0 Å². The van der Waals surface area contributed by atoms with E-state index in [4.69, 9.17) is 5.11 Å². The first-order chi connectivity index (χ1) is 10.2. The maximum Gasteiger partial charge on any atom is 0.335 e. The molecule has 2 rings (SSSR count). The summed E-state index contributed by atoms with van der Waals surface area (Å²) in [6.07, 6.45) is 2.98. The highest BCUT2D eigenvalue weighted by atomic mass is 16.4. The molecule has 0 bridgehead atoms. The van der Waals surface area contributed by atoms with Crippen LogP contribution >= 0.6 is 0 Å². The molecule has 2 aromatic carbocycles. The average Bonchev–Trinajstić information content (AvgIpc) is 2.55. The van der Waals surface area contributed by atoms with Gasteiger partial charge in [-0.05, 0) is 48.1 Å². The fraction of sp³-hybridized carbons (Fsp3) is 0.316. The van der Waals surface area contributed by atoms with E-state index in [0.29, 0.717) is 5.56 Å². The van der Waals surface area contributed by atoms with Crippen molar-refractivity contribution in [1.82, 2.24) is 0 Å². The Hall–Kier alpha value is -2.09. The van der Waals surface area contributed by atoms with Crippen molar-refractivity contribution in [3.8, 4) is 0 Å². The average molecular weight is 284 g/mol. The van der Waals surface area contributed by atoms with Crippen molar-refractivity contribution in [2.75, 3.05) is 0 Å². The fourth-order valence-electron chi connectivity index (χ4n) is 2.04. The summed E-state index contributed by atoms with van der Waals surface area (Å²) in [6.45, 7) is 6.15. The number of hydrogen-bond donors (Lipinski definition) is 1. The SMILES string of the molecule is CC.CCc1ccc(CCc2ccc(C(=O)O)cc2)cc1. The topological polar surface area (TPSA) is 37.3 Å². The molecule has 1 N–H and O–H groups in total. The molecule has 0 saturated carbocycles. The molecule has 2 aromatic rings. The third-order valence-electron chi connectivity index (χ3n) is 3.33. The molecule has 0 amide bonds. The Labute approximate surface area is 127 Å². The molecule has 2 nitrogen and oxygen atoms in total. The molecule has 21 heavy (non-hydrogen) atoms. The summed E-state index contributed by atoms with van der Waals surface area (Å²) in [4.78, 5) is 10.8. The number of carbonyl (C=O) groups is 1. The molecule has 0 saturated heterocycles. The van der Waals surface area contributed by atoms with Gasteiger partial charge in [-0.15, -0.1) is 0 Å². The highest BCUT2D eigenvalue weighted by Crippen LogP contribution is 2.11. The van der Waals surface area contributed by atoms with E-state index >= 15 is 0 Å². The second kappa shape index (κ2) is 8.96. The van der Waals surface area contributed by atoms with Crippen LogP contribution in [0.1, 0.15) is 47.8 Å². The zero-order chi connectivity index (χ0) is 15.7. The summed E-state index contributed by atoms with van der Waals surface area (Å²) in [6, 6.07) is 15.8. The van der Waals surface area contributed by atoms with Crippen LogP contribution in [-0.4, -0.2) is 11.1 Å². The Morgan fingerprint density at radius 2 is 1.19 bits per heavy atom. The summed E-state index contributed by atoms with van der Waals surface area (Å²) >= 11 is 0. The lowest BCUT2D eigenvalue weighted by atomic mass is 10.0. The van der Waals surface area contributed by atoms with Crippen LogP contribution in [0, 0.1) is 0 Å². The van der Waals surface area contributed by atoms with Crippen molar-refractivity contribution >= 4 is 5.97 Å². The number of benzene rings is 2. The number of rotatable bonds is 5. The monoisotopic (exact) mass is 284 g/mol. The maximum absolute atomic E-state index is 10.8. The lowest BCUT2D eigenvalue weighted by Crippen LogP contribution is -1.97. The smallest absolute Gasteiger partial charge is 0.335 e. The Balaban J connectivity index is 0.00000106. The largest absolute Gasteiger partial charge is 0.478 e. The quantitative estimate of drug-likeness (QED) is 0.859. The Morgan fingerprint density at radius 3 is 1.57 bits per heavy atom. The molecule has 2 heteroatoms. The van der Waals surface area contributed by atoms with Gasteiger partial charge in [-0.2, -0.15) is 0 Å². The summed E-state index contributed by atoms with van der Waals surface area (Å²) < 4.78 is 0. The third-order valence-corrected chi connectivity index (χ3v) is 3.33. The van der Waals surface area contributed by atoms with E-state index in [2.05, 4.69) is 31.2 Å². The highest BCUT2D eigenvalue weighted by Gasteiger charge is 2.02. The van der Waals surface area contributed by atoms with Gasteiger partial charge in [0.1, 0.15) is 0 Å². The number of aromatic carboxylic acids is 1. The van der Waals surface area contributed by atoms with Crippen molar-refractivity contribution in [3.63, 3.8) is 0 Å². The molecule has 0 aliphatic carbocycles. The summed E-state index contributed by atoms with van der Waals surface area (Å²) in [5, 5.41) is 8.83. The first-order valence-corrected chi connectivity index (χ1v) is 7.59. The first kappa shape index (κ1) is 17.0. The van der Waals surface area contributed by atoms with Crippen LogP contribution in [0.3, 0.4) is 0 Å². The van der Waals surface area contributed by atoms with Gasteiger partial charge in [-0.1, -0.05) is 57.2 Å². The van der Waals surface area contributed by atoms with Gasteiger partial charge in [0.2, 0.25) is 0 Å². The normalized spacial score (nSPS) is 9.67. The molecule has 0 aliphatic heterocycles. The van der Waals surface area contributed by atoms with Crippen LogP contribution in [0.15, 0.2) is 48.5 Å². The molecule has 0 unspecified atom stereocenters. The lowest BCUT2D eigenvalue weighted by molar-refractivity contribution is 0.0697. The summed E-state index contributed by atoms with van der Waals surface area (Å²) in [5.41, 5.74) is 4.19. The van der Waals surface area contributed by atoms with Crippen molar-refractivity contribution in [1.29, 1.82) is 0 Å². The van der Waals surface area contributed by atoms with Crippen molar-refractivity contribution in [3.05, 3.63) is 70.8 Å². The van der Waals surface area contributed by atoms with E-state index in [0.717, 1.165) is 19.3 Å². The second-order valence-electron chi connectivity index (χ2n) is 4.67. The molecule has 0 radical (unpaired) electrons. The van der Waals surface area contributed by atoms with Gasteiger partial charge in [0.05, 0.1) is 5.56 Å². The molecule has 0 aliphatic rings. The molecular weight excluding hydrogens is 260 g/mol. The zero-order valence-electron chi connectivity index (χ0n) is 13.1. The Kier molecular flexibility index (Phi) is 7.24. The van der Waals surface area contributed by atoms with Gasteiger partial charge in [0.15, 0.2) is 0 Å². The number of aryl methyl sites for hydroxylation is 3. The first-order valence-electron chi connectivity index (χ1n) is 7.59. The Bertz CT molecular complexity index is 539. The minimum atomic E-state index is -0.873. The van der Waals surface area contributed by atoms with Crippen molar-refractivity contribution in [2.45, 2.75) is 40.0 Å². The number of hydrogen-bond acceptors (Lipinski definition) is 1. The molecule has 0 heterocycles. The van der Waals surface area contributed by atoms with Crippen LogP contribution < -0.4 is 0 Å². The van der Waals surface area contributed by atoms with E-state index in [-0.39, 0.29) is 0 Å². The highest BCUT2D eigenvalue weighted by molar-refractivity contribution is 5.87. The molecule has 112 valence electrons. The van der Waals surface area contributed by atoms with E-state index in [1.165, 1.54) is 16.7 Å². The predicted molar refractivity (Wildman–Crippen MR) is 88.0 cm³/mol. The van der Waals surface area contributed by atoms with E-state index < -0.39 is 5.97 Å². The van der Waals surface area contributed by atoms with E-state index in [1.807, 2.05) is 26.0 Å². The Morgan fingerprint density at radius 1 is 0.810 bits per heavy atom. The summed E-state index contributed by atoms with van der Waals surface area (Å²) in [5.74, 6) is -0.873. The number of carboxylic acid groups (broad SMARTS) is 1. The molecule has 0 fully saturated rings. The third kappa shape index (κ3) is 5.42. The fourth-order valence-corrected chi connectivity index (χ4v) is 2.04. The van der Waals surface area contributed by atoms with Gasteiger partial charge in [-0.25, -0.2) is 4.79 Å².